The van der Waals surface area contributed by atoms with Crippen molar-refractivity contribution in [3.05, 3.63) is 109 Å². The van der Waals surface area contributed by atoms with E-state index >= 15 is 0 Å². The van der Waals surface area contributed by atoms with Crippen LogP contribution in [0.1, 0.15) is 35.4 Å². The zero-order valence-corrected chi connectivity index (χ0v) is 24.5. The number of nitrogens with one attached hydrogen (secondary N) is 3. The zero-order valence-electron chi connectivity index (χ0n) is 21.3. The Kier molecular flexibility index (Phi) is 11.5. The smallest absolute Gasteiger partial charge is 0.251 e. The summed E-state index contributed by atoms with van der Waals surface area (Å²) >= 11 is 6.80. The van der Waals surface area contributed by atoms with Gasteiger partial charge in [-0.1, -0.05) is 66.1 Å². The lowest BCUT2D eigenvalue weighted by molar-refractivity contribution is -0.525. The van der Waals surface area contributed by atoms with E-state index in [-0.39, 0.29) is 31.4 Å². The maximum absolute atomic E-state index is 13.7. The molecule has 2 amide bonds. The molecule has 0 saturated heterocycles. The topological polar surface area (TPSA) is 178 Å². The number of nitrogens with two attached hydrogens (primary N) is 2. The van der Waals surface area contributed by atoms with Crippen LogP contribution in [-0.4, -0.2) is 35.4 Å². The molecule has 210 valence electrons. The molecule has 0 fully saturated rings. The van der Waals surface area contributed by atoms with Gasteiger partial charge in [0.05, 0.1) is 11.6 Å². The summed E-state index contributed by atoms with van der Waals surface area (Å²) in [7, 11) is 0. The van der Waals surface area contributed by atoms with Crippen molar-refractivity contribution in [1.82, 2.24) is 16.1 Å². The minimum absolute atomic E-state index is 0.116. The van der Waals surface area contributed by atoms with Crippen LogP contribution in [0.4, 0.5) is 5.69 Å². The Morgan fingerprint density at radius 1 is 0.950 bits per heavy atom. The Morgan fingerprint density at radius 2 is 1.50 bits per heavy atom. The molecule has 0 aliphatic carbocycles. The first-order chi connectivity index (χ1) is 19.2. The van der Waals surface area contributed by atoms with Crippen LogP contribution in [0, 0.1) is 10.1 Å². The quantitative estimate of drug-likeness (QED) is 0.0486. The van der Waals surface area contributed by atoms with Gasteiger partial charge in [-0.05, 0) is 73.5 Å². The SMILES string of the molecule is NC(=NCCC[C@@H](NC(=O)C(c1ccccc1)c1ccccc1)C(=O)NCc1cc(Br)c(N)c(Br)c1)N[N+](=O)[O-]. The third kappa shape index (κ3) is 9.06. The van der Waals surface area contributed by atoms with Gasteiger partial charge in [0, 0.05) is 22.0 Å². The fraction of sp³-hybridized carbons (Fsp3) is 0.222. The lowest BCUT2D eigenvalue weighted by Gasteiger charge is -2.23. The number of anilines is 1. The summed E-state index contributed by atoms with van der Waals surface area (Å²) in [4.78, 5) is 41.4. The Hall–Kier alpha value is -3.97. The third-order valence-corrected chi connectivity index (χ3v) is 7.22. The van der Waals surface area contributed by atoms with Gasteiger partial charge in [-0.15, -0.1) is 0 Å². The minimum Gasteiger partial charge on any atom is -0.397 e. The van der Waals surface area contributed by atoms with Crippen molar-refractivity contribution in [2.24, 2.45) is 10.7 Å². The maximum Gasteiger partial charge on any atom is 0.251 e. The molecule has 0 aromatic heterocycles. The van der Waals surface area contributed by atoms with Crippen molar-refractivity contribution in [1.29, 1.82) is 0 Å². The minimum atomic E-state index is -0.900. The van der Waals surface area contributed by atoms with Crippen LogP contribution in [0.5, 0.6) is 0 Å². The second-order valence-electron chi connectivity index (χ2n) is 8.78. The average Bonchev–Trinajstić information content (AvgIpc) is 2.93. The number of hydrogen-bond donors (Lipinski definition) is 5. The summed E-state index contributed by atoms with van der Waals surface area (Å²) in [5.74, 6) is -1.71. The average molecular weight is 675 g/mol. The van der Waals surface area contributed by atoms with Crippen LogP contribution in [-0.2, 0) is 16.1 Å². The van der Waals surface area contributed by atoms with E-state index in [1.165, 1.54) is 0 Å². The molecule has 0 bridgehead atoms. The maximum atomic E-state index is 13.7. The van der Waals surface area contributed by atoms with Crippen molar-refractivity contribution >= 4 is 55.3 Å². The van der Waals surface area contributed by atoms with Crippen LogP contribution < -0.4 is 27.5 Å². The van der Waals surface area contributed by atoms with E-state index in [0.717, 1.165) is 16.7 Å². The van der Waals surface area contributed by atoms with Crippen molar-refractivity contribution in [3.63, 3.8) is 0 Å². The number of nitro groups is 1. The van der Waals surface area contributed by atoms with Gasteiger partial charge in [-0.2, -0.15) is 0 Å². The molecule has 3 rings (SSSR count). The fourth-order valence-electron chi connectivity index (χ4n) is 3.99. The summed E-state index contributed by atoms with van der Waals surface area (Å²) in [6, 6.07) is 21.3. The molecule has 0 saturated carbocycles. The fourth-order valence-corrected chi connectivity index (χ4v) is 5.27. The number of hydrogen-bond acceptors (Lipinski definition) is 6. The van der Waals surface area contributed by atoms with E-state index < -0.39 is 22.9 Å². The number of benzene rings is 3. The van der Waals surface area contributed by atoms with Gasteiger partial charge in [0.2, 0.25) is 11.8 Å². The molecule has 1 atom stereocenters. The summed E-state index contributed by atoms with van der Waals surface area (Å²) in [6.45, 7) is 0.312. The zero-order chi connectivity index (χ0) is 29.1. The lowest BCUT2D eigenvalue weighted by Crippen LogP contribution is -2.48. The highest BCUT2D eigenvalue weighted by atomic mass is 79.9. The Balaban J connectivity index is 1.78. The number of carbonyl (C=O) groups is 2. The van der Waals surface area contributed by atoms with E-state index in [0.29, 0.717) is 21.1 Å². The Labute approximate surface area is 248 Å². The number of rotatable bonds is 12. The molecular weight excluding hydrogens is 646 g/mol. The van der Waals surface area contributed by atoms with Crippen molar-refractivity contribution in [2.75, 3.05) is 12.3 Å². The molecule has 7 N–H and O–H groups in total. The Bertz CT molecular complexity index is 1290. The number of halogens is 2. The van der Waals surface area contributed by atoms with Gasteiger partial charge in [0.1, 0.15) is 6.04 Å². The van der Waals surface area contributed by atoms with E-state index in [9.17, 15) is 19.7 Å². The molecule has 40 heavy (non-hydrogen) atoms. The van der Waals surface area contributed by atoms with Gasteiger partial charge in [-0.25, -0.2) is 15.1 Å². The standard InChI is InChI=1S/C27H29Br2N7O4/c28-20-14-17(15-21(29)24(20)30)16-33-25(37)22(12-7-13-32-27(31)35-36(39)40)34-26(38)23(18-8-3-1-4-9-18)19-10-5-2-6-11-19/h1-6,8-11,14-15,22-23H,7,12-13,16,30H2,(H,33,37)(H,34,38)(H3,31,32,35)/t22-/m1/s1. The predicted octanol–water partition coefficient (Wildman–Crippen LogP) is 3.60. The molecule has 0 aliphatic heterocycles. The molecule has 3 aromatic carbocycles. The normalized spacial score (nSPS) is 12.0. The molecule has 0 unspecified atom stereocenters. The number of carbonyl (C=O) groups excluding carboxylic acids is 2. The van der Waals surface area contributed by atoms with Crippen molar-refractivity contribution in [3.8, 4) is 0 Å². The molecule has 0 heterocycles. The highest BCUT2D eigenvalue weighted by molar-refractivity contribution is 9.11. The first kappa shape index (κ1) is 30.6. The molecule has 13 heteroatoms. The van der Waals surface area contributed by atoms with Crippen LogP contribution in [0.3, 0.4) is 0 Å². The molecule has 0 radical (unpaired) electrons. The molecular formula is C27H29Br2N7O4. The van der Waals surface area contributed by atoms with Gasteiger partial charge >= 0.3 is 0 Å². The van der Waals surface area contributed by atoms with Gasteiger partial charge < -0.3 is 22.1 Å². The number of nitrogens with zero attached hydrogens (tertiary/aromatic N) is 2. The van der Waals surface area contributed by atoms with Crippen LogP contribution in [0.2, 0.25) is 0 Å². The van der Waals surface area contributed by atoms with Crippen molar-refractivity contribution in [2.45, 2.75) is 31.3 Å². The van der Waals surface area contributed by atoms with E-state index in [2.05, 4.69) is 47.5 Å². The lowest BCUT2D eigenvalue weighted by atomic mass is 9.90. The number of amides is 2. The van der Waals surface area contributed by atoms with Crippen LogP contribution >= 0.6 is 31.9 Å². The monoisotopic (exact) mass is 673 g/mol. The number of aliphatic imine (C=N–C) groups is 1. The van der Waals surface area contributed by atoms with E-state index in [1.54, 1.807) is 17.6 Å². The van der Waals surface area contributed by atoms with E-state index in [1.807, 2.05) is 60.7 Å². The largest absolute Gasteiger partial charge is 0.397 e. The first-order valence-electron chi connectivity index (χ1n) is 12.3. The summed E-state index contributed by atoms with van der Waals surface area (Å²) in [5.41, 5.74) is 16.1. The van der Waals surface area contributed by atoms with E-state index in [4.69, 9.17) is 11.5 Å². The van der Waals surface area contributed by atoms with Crippen molar-refractivity contribution < 1.29 is 14.6 Å². The highest BCUT2D eigenvalue weighted by Crippen LogP contribution is 2.29. The van der Waals surface area contributed by atoms with Gasteiger partial charge in [0.25, 0.3) is 5.96 Å². The molecule has 3 aromatic rings. The number of guanidine groups is 1. The summed E-state index contributed by atoms with van der Waals surface area (Å²) in [5, 5.41) is 15.5. The van der Waals surface area contributed by atoms with Crippen LogP contribution in [0.25, 0.3) is 0 Å². The molecule has 11 nitrogen and oxygen atoms in total. The van der Waals surface area contributed by atoms with Gasteiger partial charge in [0.15, 0.2) is 5.03 Å². The highest BCUT2D eigenvalue weighted by Gasteiger charge is 2.27. The van der Waals surface area contributed by atoms with Gasteiger partial charge in [-0.3, -0.25) is 9.59 Å². The second-order valence-corrected chi connectivity index (χ2v) is 10.5. The molecule has 0 spiro atoms. The second kappa shape index (κ2) is 15.0. The van der Waals surface area contributed by atoms with Crippen LogP contribution in [0.15, 0.2) is 86.7 Å². The summed E-state index contributed by atoms with van der Waals surface area (Å²) < 4.78 is 1.37. The third-order valence-electron chi connectivity index (χ3n) is 5.91. The Morgan fingerprint density at radius 3 is 2.02 bits per heavy atom. The number of hydrazine groups is 1. The molecule has 0 aliphatic rings. The first-order valence-corrected chi connectivity index (χ1v) is 13.9. The number of nitrogen functional groups attached to an aromatic ring is 1. The summed E-state index contributed by atoms with van der Waals surface area (Å²) in [6.07, 6.45) is 0.553. The predicted molar refractivity (Wildman–Crippen MR) is 161 cm³/mol.